The van der Waals surface area contributed by atoms with Crippen LogP contribution in [0.4, 0.5) is 0 Å². The number of hydrazine groups is 1. The lowest BCUT2D eigenvalue weighted by Crippen LogP contribution is -2.30. The van der Waals surface area contributed by atoms with Gasteiger partial charge in [-0.15, -0.1) is 0 Å². The normalized spacial score (nSPS) is 9.57. The second kappa shape index (κ2) is 4.08. The van der Waals surface area contributed by atoms with Gasteiger partial charge in [0.15, 0.2) is 0 Å². The second-order valence-corrected chi connectivity index (χ2v) is 2.88. The average Bonchev–Trinajstić information content (AvgIpc) is 2.16. The highest BCUT2D eigenvalue weighted by Gasteiger charge is 2.11. The van der Waals surface area contributed by atoms with Crippen molar-refractivity contribution in [2.24, 2.45) is 5.84 Å². The highest BCUT2D eigenvalue weighted by atomic mass is 35.5. The molecule has 0 saturated heterocycles. The summed E-state index contributed by atoms with van der Waals surface area (Å²) in [4.78, 5) is 21.6. The van der Waals surface area contributed by atoms with Crippen molar-refractivity contribution in [2.45, 2.75) is 0 Å². The van der Waals surface area contributed by atoms with Crippen molar-refractivity contribution < 1.29 is 14.7 Å². The van der Waals surface area contributed by atoms with Crippen LogP contribution in [0.15, 0.2) is 18.2 Å². The van der Waals surface area contributed by atoms with Gasteiger partial charge in [-0.1, -0.05) is 11.6 Å². The van der Waals surface area contributed by atoms with E-state index in [9.17, 15) is 9.59 Å². The molecule has 1 aromatic carbocycles. The summed E-state index contributed by atoms with van der Waals surface area (Å²) in [6, 6.07) is 3.77. The molecule has 0 spiro atoms. The Balaban J connectivity index is 3.14. The minimum Gasteiger partial charge on any atom is -0.478 e. The maximum atomic E-state index is 11.0. The Morgan fingerprint density at radius 1 is 1.43 bits per heavy atom. The van der Waals surface area contributed by atoms with Gasteiger partial charge in [-0.05, 0) is 18.2 Å². The second-order valence-electron chi connectivity index (χ2n) is 2.47. The number of carbonyl (C=O) groups excluding carboxylic acids is 1. The Labute approximate surface area is 84.4 Å². The molecule has 0 saturated carbocycles. The van der Waals surface area contributed by atoms with Crippen molar-refractivity contribution in [1.82, 2.24) is 5.43 Å². The molecule has 0 aliphatic rings. The maximum Gasteiger partial charge on any atom is 0.335 e. The van der Waals surface area contributed by atoms with Crippen molar-refractivity contribution in [3.05, 3.63) is 34.3 Å². The molecule has 74 valence electrons. The number of nitrogens with one attached hydrogen (secondary N) is 1. The number of carboxylic acid groups (broad SMARTS) is 1. The van der Waals surface area contributed by atoms with Gasteiger partial charge in [-0.2, -0.15) is 0 Å². The summed E-state index contributed by atoms with van der Waals surface area (Å²) in [6.07, 6.45) is 0. The highest BCUT2D eigenvalue weighted by Crippen LogP contribution is 2.17. The van der Waals surface area contributed by atoms with Crippen molar-refractivity contribution in [2.75, 3.05) is 0 Å². The van der Waals surface area contributed by atoms with Crippen molar-refractivity contribution in [3.8, 4) is 0 Å². The molecule has 0 heterocycles. The molecule has 0 atom stereocenters. The molecule has 6 heteroatoms. The van der Waals surface area contributed by atoms with E-state index < -0.39 is 11.9 Å². The number of carbonyl (C=O) groups is 2. The van der Waals surface area contributed by atoms with Gasteiger partial charge in [0.2, 0.25) is 0 Å². The Bertz CT molecular complexity index is 392. The molecule has 1 amide bonds. The van der Waals surface area contributed by atoms with Crippen LogP contribution in [0.1, 0.15) is 20.7 Å². The van der Waals surface area contributed by atoms with E-state index in [1.165, 1.54) is 18.2 Å². The Morgan fingerprint density at radius 3 is 2.50 bits per heavy atom. The molecule has 0 aromatic heterocycles. The third kappa shape index (κ3) is 2.01. The summed E-state index contributed by atoms with van der Waals surface area (Å²) in [5.41, 5.74) is 2.06. The number of amides is 1. The number of benzene rings is 1. The third-order valence-electron chi connectivity index (χ3n) is 1.59. The summed E-state index contributed by atoms with van der Waals surface area (Å²) in [5, 5.41) is 8.66. The minimum absolute atomic E-state index is 0.0172. The molecular weight excluding hydrogens is 208 g/mol. The standard InChI is InChI=1S/C8H7ClN2O3/c9-6-3-4(8(13)14)1-2-5(6)7(12)11-10/h1-3H,10H2,(H,11,12)(H,13,14). The number of halogens is 1. The predicted molar refractivity (Wildman–Crippen MR) is 50.1 cm³/mol. The molecule has 0 unspecified atom stereocenters. The number of hydrogen-bond donors (Lipinski definition) is 3. The van der Waals surface area contributed by atoms with Gasteiger partial charge >= 0.3 is 5.97 Å². The summed E-state index contributed by atoms with van der Waals surface area (Å²) < 4.78 is 0. The first-order chi connectivity index (χ1) is 6.56. The topological polar surface area (TPSA) is 92.4 Å². The van der Waals surface area contributed by atoms with Crippen LogP contribution in [-0.2, 0) is 0 Å². The van der Waals surface area contributed by atoms with Gasteiger partial charge in [0.05, 0.1) is 16.1 Å². The third-order valence-corrected chi connectivity index (χ3v) is 1.90. The van der Waals surface area contributed by atoms with Crippen LogP contribution in [0.5, 0.6) is 0 Å². The minimum atomic E-state index is -1.10. The first-order valence-electron chi connectivity index (χ1n) is 3.60. The first kappa shape index (κ1) is 10.5. The van der Waals surface area contributed by atoms with E-state index in [4.69, 9.17) is 22.6 Å². The first-order valence-corrected chi connectivity index (χ1v) is 3.98. The smallest absolute Gasteiger partial charge is 0.335 e. The number of hydrogen-bond acceptors (Lipinski definition) is 3. The molecule has 0 aliphatic carbocycles. The maximum absolute atomic E-state index is 11.0. The fraction of sp³-hybridized carbons (Fsp3) is 0. The van der Waals surface area contributed by atoms with E-state index in [-0.39, 0.29) is 16.1 Å². The zero-order valence-corrected chi connectivity index (χ0v) is 7.71. The molecule has 1 aromatic rings. The zero-order valence-electron chi connectivity index (χ0n) is 6.95. The van der Waals surface area contributed by atoms with Gasteiger partial charge in [0.1, 0.15) is 0 Å². The molecule has 14 heavy (non-hydrogen) atoms. The van der Waals surface area contributed by atoms with Crippen LogP contribution >= 0.6 is 11.6 Å². The number of nitrogen functional groups attached to an aromatic ring is 1. The van der Waals surface area contributed by atoms with E-state index in [1.807, 2.05) is 5.43 Å². The Morgan fingerprint density at radius 2 is 2.07 bits per heavy atom. The van der Waals surface area contributed by atoms with Crippen molar-refractivity contribution >= 4 is 23.5 Å². The monoisotopic (exact) mass is 214 g/mol. The fourth-order valence-corrected chi connectivity index (χ4v) is 1.18. The molecule has 0 fully saturated rings. The van der Waals surface area contributed by atoms with E-state index in [1.54, 1.807) is 0 Å². The molecule has 5 nitrogen and oxygen atoms in total. The lowest BCUT2D eigenvalue weighted by Gasteiger charge is -2.02. The van der Waals surface area contributed by atoms with E-state index in [0.29, 0.717) is 0 Å². The molecule has 0 radical (unpaired) electrons. The molecular formula is C8H7ClN2O3. The zero-order chi connectivity index (χ0) is 10.7. The molecule has 0 bridgehead atoms. The molecule has 0 aliphatic heterocycles. The Kier molecular flexibility index (Phi) is 3.06. The van der Waals surface area contributed by atoms with Gasteiger partial charge in [-0.25, -0.2) is 10.6 Å². The van der Waals surface area contributed by atoms with Gasteiger partial charge in [0.25, 0.3) is 5.91 Å². The SMILES string of the molecule is NNC(=O)c1ccc(C(=O)O)cc1Cl. The lowest BCUT2D eigenvalue weighted by molar-refractivity contribution is 0.0696. The highest BCUT2D eigenvalue weighted by molar-refractivity contribution is 6.34. The van der Waals surface area contributed by atoms with Crippen LogP contribution in [-0.4, -0.2) is 17.0 Å². The van der Waals surface area contributed by atoms with Crippen LogP contribution in [0.25, 0.3) is 0 Å². The van der Waals surface area contributed by atoms with Gasteiger partial charge < -0.3 is 5.11 Å². The van der Waals surface area contributed by atoms with E-state index in [0.717, 1.165) is 0 Å². The molecule has 1 rings (SSSR count). The fourth-order valence-electron chi connectivity index (χ4n) is 0.910. The van der Waals surface area contributed by atoms with Crippen LogP contribution in [0.2, 0.25) is 5.02 Å². The average molecular weight is 215 g/mol. The van der Waals surface area contributed by atoms with Gasteiger partial charge in [-0.3, -0.25) is 10.2 Å². The Hall–Kier alpha value is -1.59. The van der Waals surface area contributed by atoms with E-state index >= 15 is 0 Å². The molecule has 4 N–H and O–H groups in total. The quantitative estimate of drug-likeness (QED) is 0.383. The number of aromatic carboxylic acids is 1. The van der Waals surface area contributed by atoms with Crippen LogP contribution in [0, 0.1) is 0 Å². The lowest BCUT2D eigenvalue weighted by atomic mass is 10.1. The number of nitrogens with two attached hydrogens (primary N) is 1. The van der Waals surface area contributed by atoms with Crippen molar-refractivity contribution in [1.29, 1.82) is 0 Å². The number of rotatable bonds is 2. The predicted octanol–water partition coefficient (Wildman–Crippen LogP) is 0.642. The number of carboxylic acids is 1. The van der Waals surface area contributed by atoms with Crippen LogP contribution < -0.4 is 11.3 Å². The summed E-state index contributed by atoms with van der Waals surface area (Å²) in [5.74, 6) is 3.23. The largest absolute Gasteiger partial charge is 0.478 e. The van der Waals surface area contributed by atoms with Crippen molar-refractivity contribution in [3.63, 3.8) is 0 Å². The van der Waals surface area contributed by atoms with Crippen LogP contribution in [0.3, 0.4) is 0 Å². The summed E-state index contributed by atoms with van der Waals surface area (Å²) in [7, 11) is 0. The van der Waals surface area contributed by atoms with E-state index in [2.05, 4.69) is 0 Å². The summed E-state index contributed by atoms with van der Waals surface area (Å²) >= 11 is 5.67. The van der Waals surface area contributed by atoms with Gasteiger partial charge in [0, 0.05) is 0 Å². The summed E-state index contributed by atoms with van der Waals surface area (Å²) in [6.45, 7) is 0.